The highest BCUT2D eigenvalue weighted by Gasteiger charge is 2.49. The van der Waals surface area contributed by atoms with Gasteiger partial charge in [-0.05, 0) is 82.7 Å². The third kappa shape index (κ3) is 3.77. The number of likely N-dealkylation sites (N-methyl/N-ethyl adjacent to an activating group) is 1. The SMILES string of the molecule is C[C@H](Oc1cc(Cl)nc(-c2noc3c2CCCC32CCc3cc(F)c(N)c(C#N)c32)n1)[C@@H]1CCCN1C. The van der Waals surface area contributed by atoms with Crippen molar-refractivity contribution >= 4 is 17.3 Å². The molecular formula is C27H28ClFN6O2. The molecule has 2 aromatic heterocycles. The molecule has 0 amide bonds. The summed E-state index contributed by atoms with van der Waals surface area (Å²) in [5, 5.41) is 14.5. The van der Waals surface area contributed by atoms with Crippen molar-refractivity contribution in [2.75, 3.05) is 19.3 Å². The molecule has 192 valence electrons. The van der Waals surface area contributed by atoms with E-state index in [1.54, 1.807) is 6.07 Å². The number of benzene rings is 1. The summed E-state index contributed by atoms with van der Waals surface area (Å²) in [6.07, 6.45) is 5.81. The first-order valence-electron chi connectivity index (χ1n) is 12.7. The Morgan fingerprint density at radius 1 is 1.30 bits per heavy atom. The van der Waals surface area contributed by atoms with Crippen molar-refractivity contribution in [1.82, 2.24) is 20.0 Å². The number of rotatable bonds is 4. The lowest BCUT2D eigenvalue weighted by molar-refractivity contribution is 0.117. The number of aryl methyl sites for hydroxylation is 1. The van der Waals surface area contributed by atoms with Gasteiger partial charge in [-0.3, -0.25) is 4.90 Å². The van der Waals surface area contributed by atoms with E-state index < -0.39 is 11.2 Å². The van der Waals surface area contributed by atoms with E-state index in [9.17, 15) is 9.65 Å². The van der Waals surface area contributed by atoms with E-state index in [0.29, 0.717) is 42.0 Å². The van der Waals surface area contributed by atoms with E-state index in [2.05, 4.69) is 33.1 Å². The third-order valence-electron chi connectivity index (χ3n) is 8.37. The van der Waals surface area contributed by atoms with Gasteiger partial charge in [-0.2, -0.15) is 10.2 Å². The Balaban J connectivity index is 1.40. The minimum Gasteiger partial charge on any atom is -0.473 e. The Kier molecular flexibility index (Phi) is 5.85. The number of likely N-dealkylation sites (tertiary alicyclic amines) is 1. The average Bonchev–Trinajstić information content (AvgIpc) is 3.58. The Labute approximate surface area is 219 Å². The highest BCUT2D eigenvalue weighted by molar-refractivity contribution is 6.29. The number of aromatic nitrogens is 3. The second-order valence-electron chi connectivity index (χ2n) is 10.4. The Morgan fingerprint density at radius 2 is 2.14 bits per heavy atom. The molecule has 1 fully saturated rings. The van der Waals surface area contributed by atoms with Crippen LogP contribution in [0.1, 0.15) is 67.0 Å². The number of anilines is 1. The fraction of sp³-hybridized carbons (Fsp3) is 0.481. The number of ether oxygens (including phenoxy) is 1. The van der Waals surface area contributed by atoms with Gasteiger partial charge in [0.05, 0.1) is 16.7 Å². The van der Waals surface area contributed by atoms with Crippen LogP contribution < -0.4 is 10.5 Å². The molecule has 1 saturated heterocycles. The molecule has 1 spiro atoms. The zero-order chi connectivity index (χ0) is 25.9. The topological polar surface area (TPSA) is 114 Å². The van der Waals surface area contributed by atoms with Crippen LogP contribution in [0.5, 0.6) is 5.88 Å². The van der Waals surface area contributed by atoms with Crippen molar-refractivity contribution in [3.05, 3.63) is 51.1 Å². The molecule has 1 aliphatic heterocycles. The van der Waals surface area contributed by atoms with Crippen LogP contribution in [0.15, 0.2) is 16.7 Å². The molecule has 1 aromatic carbocycles. The van der Waals surface area contributed by atoms with Gasteiger partial charge < -0.3 is 15.0 Å². The minimum absolute atomic E-state index is 0.0638. The monoisotopic (exact) mass is 522 g/mol. The first-order chi connectivity index (χ1) is 17.8. The molecule has 3 aliphatic rings. The summed E-state index contributed by atoms with van der Waals surface area (Å²) in [7, 11) is 2.11. The van der Waals surface area contributed by atoms with E-state index in [1.807, 2.05) is 6.92 Å². The predicted octanol–water partition coefficient (Wildman–Crippen LogP) is 4.81. The molecule has 6 rings (SSSR count). The number of hydrogen-bond donors (Lipinski definition) is 1. The predicted molar refractivity (Wildman–Crippen MR) is 136 cm³/mol. The molecule has 37 heavy (non-hydrogen) atoms. The summed E-state index contributed by atoms with van der Waals surface area (Å²) in [5.74, 6) is 0.863. The standard InChI is InChI=1S/C27H28ClFN6O2/c1-14(19-6-4-10-35(19)2)36-21-12-20(28)32-26(33-21)24-16-5-3-8-27(25(16)37-34-24)9-7-15-11-18(29)23(31)17(13-30)22(15)27/h11-12,14,19H,3-10,31H2,1-2H3/t14-,19-,27?/m0/s1. The van der Waals surface area contributed by atoms with Crippen LogP contribution in [0.4, 0.5) is 10.1 Å². The van der Waals surface area contributed by atoms with Crippen LogP contribution in [0.2, 0.25) is 5.15 Å². The van der Waals surface area contributed by atoms with Gasteiger partial charge in [0, 0.05) is 17.7 Å². The molecule has 8 nitrogen and oxygen atoms in total. The van der Waals surface area contributed by atoms with Crippen molar-refractivity contribution < 1.29 is 13.7 Å². The highest BCUT2D eigenvalue weighted by atomic mass is 35.5. The number of fused-ring (bicyclic) bond motifs is 4. The number of hydrogen-bond acceptors (Lipinski definition) is 8. The Hall–Kier alpha value is -3.22. The molecule has 0 bridgehead atoms. The van der Waals surface area contributed by atoms with Crippen molar-refractivity contribution in [3.63, 3.8) is 0 Å². The van der Waals surface area contributed by atoms with E-state index in [1.165, 1.54) is 6.07 Å². The Morgan fingerprint density at radius 3 is 2.89 bits per heavy atom. The second kappa shape index (κ2) is 8.96. The summed E-state index contributed by atoms with van der Waals surface area (Å²) in [6.45, 7) is 3.10. The molecule has 3 atom stereocenters. The molecule has 3 heterocycles. The maximum absolute atomic E-state index is 14.4. The number of halogens is 2. The van der Waals surface area contributed by atoms with Crippen LogP contribution in [-0.4, -0.2) is 45.8 Å². The lowest BCUT2D eigenvalue weighted by Gasteiger charge is -2.33. The van der Waals surface area contributed by atoms with Crippen LogP contribution in [-0.2, 0) is 18.3 Å². The van der Waals surface area contributed by atoms with Crippen molar-refractivity contribution in [3.8, 4) is 23.5 Å². The molecule has 2 aliphatic carbocycles. The van der Waals surface area contributed by atoms with E-state index in [-0.39, 0.29) is 22.5 Å². The van der Waals surface area contributed by atoms with Crippen molar-refractivity contribution in [2.24, 2.45) is 0 Å². The highest BCUT2D eigenvalue weighted by Crippen LogP contribution is 2.54. The fourth-order valence-electron chi connectivity index (χ4n) is 6.66. The van der Waals surface area contributed by atoms with Gasteiger partial charge in [0.1, 0.15) is 23.1 Å². The number of nitriles is 1. The van der Waals surface area contributed by atoms with Gasteiger partial charge in [0.15, 0.2) is 17.3 Å². The van der Waals surface area contributed by atoms with Gasteiger partial charge in [-0.25, -0.2) is 9.37 Å². The van der Waals surface area contributed by atoms with Crippen LogP contribution in [0.25, 0.3) is 11.5 Å². The second-order valence-corrected chi connectivity index (χ2v) is 10.8. The largest absolute Gasteiger partial charge is 0.473 e. The smallest absolute Gasteiger partial charge is 0.218 e. The summed E-state index contributed by atoms with van der Waals surface area (Å²) in [6, 6.07) is 5.53. The van der Waals surface area contributed by atoms with Gasteiger partial charge in [0.25, 0.3) is 0 Å². The fourth-order valence-corrected chi connectivity index (χ4v) is 6.84. The summed E-state index contributed by atoms with van der Waals surface area (Å²) in [4.78, 5) is 11.4. The van der Waals surface area contributed by atoms with E-state index >= 15 is 0 Å². The summed E-state index contributed by atoms with van der Waals surface area (Å²) >= 11 is 6.40. The molecule has 0 radical (unpaired) electrons. The van der Waals surface area contributed by atoms with Gasteiger partial charge in [0.2, 0.25) is 5.88 Å². The van der Waals surface area contributed by atoms with Gasteiger partial charge in [-0.1, -0.05) is 16.8 Å². The van der Waals surface area contributed by atoms with Crippen molar-refractivity contribution in [2.45, 2.75) is 69.4 Å². The maximum Gasteiger partial charge on any atom is 0.218 e. The zero-order valence-electron chi connectivity index (χ0n) is 20.9. The quantitative estimate of drug-likeness (QED) is 0.383. The molecular weight excluding hydrogens is 495 g/mol. The Bertz CT molecular complexity index is 1440. The first kappa shape index (κ1) is 24.1. The van der Waals surface area contributed by atoms with Crippen LogP contribution >= 0.6 is 11.6 Å². The third-order valence-corrected chi connectivity index (χ3v) is 8.57. The number of nitrogens with zero attached hydrogens (tertiary/aromatic N) is 5. The minimum atomic E-state index is -0.583. The number of nitrogen functional groups attached to an aromatic ring is 1. The number of nitrogens with two attached hydrogens (primary N) is 1. The molecule has 3 aromatic rings. The molecule has 2 N–H and O–H groups in total. The van der Waals surface area contributed by atoms with E-state index in [0.717, 1.165) is 55.3 Å². The lowest BCUT2D eigenvalue weighted by atomic mass is 9.68. The van der Waals surface area contributed by atoms with Crippen molar-refractivity contribution in [1.29, 1.82) is 5.26 Å². The normalized spacial score (nSPS) is 23.6. The van der Waals surface area contributed by atoms with Gasteiger partial charge >= 0.3 is 0 Å². The average molecular weight is 523 g/mol. The maximum atomic E-state index is 14.4. The summed E-state index contributed by atoms with van der Waals surface area (Å²) in [5.41, 5.74) is 8.48. The van der Waals surface area contributed by atoms with Crippen LogP contribution in [0, 0.1) is 17.1 Å². The van der Waals surface area contributed by atoms with Crippen LogP contribution in [0.3, 0.4) is 0 Å². The zero-order valence-corrected chi connectivity index (χ0v) is 21.6. The van der Waals surface area contributed by atoms with E-state index in [4.69, 9.17) is 26.6 Å². The first-order valence-corrected chi connectivity index (χ1v) is 13.1. The molecule has 10 heteroatoms. The summed E-state index contributed by atoms with van der Waals surface area (Å²) < 4.78 is 26.6. The molecule has 1 unspecified atom stereocenters. The lowest BCUT2D eigenvalue weighted by Crippen LogP contribution is -2.38. The molecule has 0 saturated carbocycles. The van der Waals surface area contributed by atoms with Gasteiger partial charge in [-0.15, -0.1) is 0 Å².